The lowest BCUT2D eigenvalue weighted by Gasteiger charge is -2.32. The second-order valence-corrected chi connectivity index (χ2v) is 5.72. The maximum atomic E-state index is 12.6. The molecule has 0 radical (unpaired) electrons. The Morgan fingerprint density at radius 1 is 1.32 bits per heavy atom. The Morgan fingerprint density at radius 3 is 2.80 bits per heavy atom. The Balaban J connectivity index is 1.72. The molecule has 0 bridgehead atoms. The Labute approximate surface area is 144 Å². The number of carbonyl (C=O) groups is 2. The molecular weight excluding hydrogens is 326 g/mol. The fourth-order valence-electron chi connectivity index (χ4n) is 2.64. The number of benzene rings is 1. The summed E-state index contributed by atoms with van der Waals surface area (Å²) in [6, 6.07) is 9.92. The molecule has 7 nitrogen and oxygen atoms in total. The van der Waals surface area contributed by atoms with Gasteiger partial charge in [-0.05, 0) is 25.1 Å². The topological polar surface area (TPSA) is 89.2 Å². The van der Waals surface area contributed by atoms with E-state index in [1.807, 2.05) is 30.3 Å². The number of carbonyl (C=O) groups excluding carboxylic acids is 1. The third-order valence-electron chi connectivity index (χ3n) is 4.04. The van der Waals surface area contributed by atoms with Gasteiger partial charge in [-0.15, -0.1) is 0 Å². The van der Waals surface area contributed by atoms with Crippen LogP contribution in [0.5, 0.6) is 5.75 Å². The van der Waals surface area contributed by atoms with Gasteiger partial charge in [-0.25, -0.2) is 4.79 Å². The van der Waals surface area contributed by atoms with Crippen molar-refractivity contribution in [1.29, 1.82) is 0 Å². The molecule has 3 rings (SSSR count). The van der Waals surface area contributed by atoms with Crippen LogP contribution in [0.25, 0.3) is 0 Å². The molecule has 2 aromatic rings. The van der Waals surface area contributed by atoms with Crippen molar-refractivity contribution in [3.05, 3.63) is 53.5 Å². The predicted octanol–water partition coefficient (Wildman–Crippen LogP) is 2.09. The quantitative estimate of drug-likeness (QED) is 0.892. The van der Waals surface area contributed by atoms with E-state index in [1.165, 1.54) is 4.90 Å². The van der Waals surface area contributed by atoms with Gasteiger partial charge in [0.15, 0.2) is 11.8 Å². The molecule has 2 heterocycles. The third kappa shape index (κ3) is 3.83. The molecular formula is C18H19NO6. The first-order valence-electron chi connectivity index (χ1n) is 7.95. The van der Waals surface area contributed by atoms with Gasteiger partial charge in [0.05, 0.1) is 13.2 Å². The van der Waals surface area contributed by atoms with Crippen LogP contribution in [0.1, 0.15) is 21.9 Å². The van der Waals surface area contributed by atoms with Crippen LogP contribution < -0.4 is 4.74 Å². The van der Waals surface area contributed by atoms with Gasteiger partial charge in [0.2, 0.25) is 0 Å². The summed E-state index contributed by atoms with van der Waals surface area (Å²) in [6.07, 6.45) is 0. The Kier molecular flexibility index (Phi) is 5.04. The number of carboxylic acids is 1. The van der Waals surface area contributed by atoms with Crippen LogP contribution in [0, 0.1) is 6.92 Å². The van der Waals surface area contributed by atoms with Crippen LogP contribution in [0.4, 0.5) is 0 Å². The number of nitrogens with zero attached hydrogens (tertiary/aromatic N) is 1. The summed E-state index contributed by atoms with van der Waals surface area (Å²) in [6.45, 7) is 2.50. The van der Waals surface area contributed by atoms with Crippen LogP contribution in [0.3, 0.4) is 0 Å². The minimum atomic E-state index is -1.09. The molecule has 0 aliphatic carbocycles. The van der Waals surface area contributed by atoms with Crippen molar-refractivity contribution in [2.45, 2.75) is 19.6 Å². The number of carboxylic acid groups (broad SMARTS) is 1. The van der Waals surface area contributed by atoms with Crippen molar-refractivity contribution >= 4 is 11.9 Å². The first kappa shape index (κ1) is 17.0. The summed E-state index contributed by atoms with van der Waals surface area (Å²) >= 11 is 0. The summed E-state index contributed by atoms with van der Waals surface area (Å²) in [5.74, 6) is -0.152. The Hall–Kier alpha value is -2.80. The van der Waals surface area contributed by atoms with Crippen LogP contribution in [-0.4, -0.2) is 47.7 Å². The summed E-state index contributed by atoms with van der Waals surface area (Å²) in [4.78, 5) is 25.2. The molecule has 0 unspecified atom stereocenters. The van der Waals surface area contributed by atoms with Gasteiger partial charge >= 0.3 is 5.97 Å². The van der Waals surface area contributed by atoms with E-state index in [0.29, 0.717) is 12.4 Å². The van der Waals surface area contributed by atoms with Gasteiger partial charge in [0, 0.05) is 12.1 Å². The monoisotopic (exact) mass is 345 g/mol. The molecule has 1 atom stereocenters. The third-order valence-corrected chi connectivity index (χ3v) is 4.04. The maximum absolute atomic E-state index is 12.6. The van der Waals surface area contributed by atoms with E-state index in [0.717, 1.165) is 11.3 Å². The summed E-state index contributed by atoms with van der Waals surface area (Å²) < 4.78 is 16.4. The second-order valence-electron chi connectivity index (χ2n) is 5.72. The summed E-state index contributed by atoms with van der Waals surface area (Å²) in [5.41, 5.74) is 0.743. The van der Waals surface area contributed by atoms with Crippen molar-refractivity contribution < 1.29 is 28.6 Å². The van der Waals surface area contributed by atoms with E-state index < -0.39 is 17.9 Å². The lowest BCUT2D eigenvalue weighted by molar-refractivity contribution is -0.147. The molecule has 1 aromatic heterocycles. The van der Waals surface area contributed by atoms with Gasteiger partial charge in [-0.1, -0.05) is 18.2 Å². The Bertz CT molecular complexity index is 754. The van der Waals surface area contributed by atoms with E-state index in [1.54, 1.807) is 13.0 Å². The van der Waals surface area contributed by atoms with Crippen LogP contribution in [-0.2, 0) is 16.1 Å². The van der Waals surface area contributed by atoms with Crippen molar-refractivity contribution in [3.8, 4) is 5.75 Å². The van der Waals surface area contributed by atoms with E-state index >= 15 is 0 Å². The SMILES string of the molecule is Cc1oc(C(=O)N2CCOC[C@@H]2C(=O)O)cc1COc1ccccc1. The number of furan rings is 1. The molecule has 0 spiro atoms. The molecule has 132 valence electrons. The van der Waals surface area contributed by atoms with Gasteiger partial charge in [-0.3, -0.25) is 4.79 Å². The summed E-state index contributed by atoms with van der Waals surface area (Å²) in [5, 5.41) is 9.25. The smallest absolute Gasteiger partial charge is 0.328 e. The largest absolute Gasteiger partial charge is 0.489 e. The van der Waals surface area contributed by atoms with E-state index in [2.05, 4.69) is 0 Å². The Morgan fingerprint density at radius 2 is 2.08 bits per heavy atom. The minimum absolute atomic E-state index is 0.0231. The normalized spacial score (nSPS) is 17.3. The highest BCUT2D eigenvalue weighted by Crippen LogP contribution is 2.21. The number of hydrogen-bond donors (Lipinski definition) is 1. The van der Waals surface area contributed by atoms with Gasteiger partial charge < -0.3 is 23.9 Å². The van der Waals surface area contributed by atoms with Gasteiger partial charge in [0.1, 0.15) is 18.1 Å². The first-order valence-corrected chi connectivity index (χ1v) is 7.95. The standard InChI is InChI=1S/C18H19NO6/c1-12-13(10-24-14-5-3-2-4-6-14)9-16(25-12)17(20)19-7-8-23-11-15(19)18(21)22/h2-6,9,15H,7-8,10-11H2,1H3,(H,21,22)/t15-/m1/s1. The lowest BCUT2D eigenvalue weighted by Crippen LogP contribution is -2.52. The number of para-hydroxylation sites is 1. The van der Waals surface area contributed by atoms with Gasteiger partial charge in [-0.2, -0.15) is 0 Å². The highest BCUT2D eigenvalue weighted by atomic mass is 16.5. The molecule has 1 aromatic carbocycles. The molecule has 1 N–H and O–H groups in total. The lowest BCUT2D eigenvalue weighted by atomic mass is 10.2. The second kappa shape index (κ2) is 7.40. The zero-order valence-electron chi connectivity index (χ0n) is 13.8. The van der Waals surface area contributed by atoms with E-state index in [-0.39, 0.29) is 25.5 Å². The number of aryl methyl sites for hydroxylation is 1. The van der Waals surface area contributed by atoms with Gasteiger partial charge in [0.25, 0.3) is 5.91 Å². The van der Waals surface area contributed by atoms with Crippen molar-refractivity contribution in [3.63, 3.8) is 0 Å². The highest BCUT2D eigenvalue weighted by Gasteiger charge is 2.34. The zero-order chi connectivity index (χ0) is 17.8. The average molecular weight is 345 g/mol. The maximum Gasteiger partial charge on any atom is 0.328 e. The molecule has 25 heavy (non-hydrogen) atoms. The molecule has 0 saturated carbocycles. The highest BCUT2D eigenvalue weighted by molar-refractivity contribution is 5.94. The van der Waals surface area contributed by atoms with E-state index in [9.17, 15) is 14.7 Å². The fourth-order valence-corrected chi connectivity index (χ4v) is 2.64. The van der Waals surface area contributed by atoms with Crippen LogP contribution >= 0.6 is 0 Å². The average Bonchev–Trinajstić information content (AvgIpc) is 3.01. The minimum Gasteiger partial charge on any atom is -0.489 e. The summed E-state index contributed by atoms with van der Waals surface area (Å²) in [7, 11) is 0. The van der Waals surface area contributed by atoms with Crippen LogP contribution in [0.15, 0.2) is 40.8 Å². The number of rotatable bonds is 5. The van der Waals surface area contributed by atoms with Crippen molar-refractivity contribution in [2.75, 3.05) is 19.8 Å². The molecule has 7 heteroatoms. The van der Waals surface area contributed by atoms with Crippen molar-refractivity contribution in [1.82, 2.24) is 4.90 Å². The number of hydrogen-bond acceptors (Lipinski definition) is 5. The molecule has 1 fully saturated rings. The number of amides is 1. The number of morpholine rings is 1. The zero-order valence-corrected chi connectivity index (χ0v) is 13.8. The molecule has 1 aliphatic heterocycles. The molecule has 1 saturated heterocycles. The molecule has 1 amide bonds. The van der Waals surface area contributed by atoms with Crippen molar-refractivity contribution in [2.24, 2.45) is 0 Å². The molecule has 1 aliphatic rings. The predicted molar refractivity (Wildman–Crippen MR) is 87.5 cm³/mol. The van der Waals surface area contributed by atoms with Crippen LogP contribution in [0.2, 0.25) is 0 Å². The fraction of sp³-hybridized carbons (Fsp3) is 0.333. The number of ether oxygens (including phenoxy) is 2. The van der Waals surface area contributed by atoms with E-state index in [4.69, 9.17) is 13.9 Å². The first-order chi connectivity index (χ1) is 12.1. The number of aliphatic carboxylic acids is 1.